The van der Waals surface area contributed by atoms with Crippen LogP contribution in [0.1, 0.15) is 48.4 Å². The predicted molar refractivity (Wildman–Crippen MR) is 100 cm³/mol. The van der Waals surface area contributed by atoms with Crippen molar-refractivity contribution in [2.45, 2.75) is 44.1 Å². The van der Waals surface area contributed by atoms with Crippen LogP contribution < -0.4 is 5.48 Å². The monoisotopic (exact) mass is 403 g/mol. The molecule has 1 aromatic heterocycles. The molecule has 1 fully saturated rings. The molecule has 0 spiro atoms. The topological polar surface area (TPSA) is 67.2 Å². The van der Waals surface area contributed by atoms with Crippen LogP contribution in [0, 0.1) is 12.7 Å². The summed E-state index contributed by atoms with van der Waals surface area (Å²) >= 11 is 0. The molecule has 152 valence electrons. The first-order valence-electron chi connectivity index (χ1n) is 9.33. The van der Waals surface area contributed by atoms with Crippen molar-refractivity contribution in [1.82, 2.24) is 15.3 Å². The van der Waals surface area contributed by atoms with Crippen LogP contribution >= 0.6 is 0 Å². The summed E-state index contributed by atoms with van der Waals surface area (Å²) in [6.07, 6.45) is 2.71. The highest BCUT2D eigenvalue weighted by Crippen LogP contribution is 2.50. The van der Waals surface area contributed by atoms with E-state index in [0.29, 0.717) is 46.0 Å². The zero-order valence-electron chi connectivity index (χ0n) is 15.7. The van der Waals surface area contributed by atoms with Gasteiger partial charge in [0.05, 0.1) is 10.9 Å². The van der Waals surface area contributed by atoms with E-state index in [9.17, 15) is 23.2 Å². The van der Waals surface area contributed by atoms with Gasteiger partial charge in [0.2, 0.25) is 0 Å². The molecule has 0 aliphatic heterocycles. The number of nitrogens with one attached hydrogen (secondary N) is 1. The average Bonchev–Trinajstić information content (AvgIpc) is 3.34. The first-order valence-corrected chi connectivity index (χ1v) is 9.33. The summed E-state index contributed by atoms with van der Waals surface area (Å²) in [6, 6.07) is 9.93. The molecule has 2 N–H and O–H groups in total. The number of alkyl halides is 2. The molecule has 3 aromatic rings. The zero-order valence-corrected chi connectivity index (χ0v) is 15.7. The molecule has 1 heterocycles. The van der Waals surface area contributed by atoms with Crippen molar-refractivity contribution in [2.75, 3.05) is 0 Å². The molecule has 0 radical (unpaired) electrons. The van der Waals surface area contributed by atoms with Crippen LogP contribution in [0.15, 0.2) is 42.6 Å². The van der Waals surface area contributed by atoms with Gasteiger partial charge < -0.3 is 0 Å². The molecular weight excluding hydrogens is 383 g/mol. The third kappa shape index (κ3) is 3.17. The summed E-state index contributed by atoms with van der Waals surface area (Å²) in [5, 5.41) is 13.9. The number of hydrogen-bond acceptors (Lipinski definition) is 3. The van der Waals surface area contributed by atoms with Gasteiger partial charge in [0.15, 0.2) is 0 Å². The summed E-state index contributed by atoms with van der Waals surface area (Å²) in [6.45, 7) is -1.10. The smallest absolute Gasteiger partial charge is 0.289 e. The molecular formula is C21H20F3N3O2. The summed E-state index contributed by atoms with van der Waals surface area (Å²) in [5.74, 6) is -1.04. The predicted octanol–water partition coefficient (Wildman–Crippen LogP) is 4.59. The Morgan fingerprint density at radius 2 is 2.14 bits per heavy atom. The minimum absolute atomic E-state index is 0.0592. The van der Waals surface area contributed by atoms with Gasteiger partial charge in [-0.3, -0.25) is 10.0 Å². The lowest BCUT2D eigenvalue weighted by Gasteiger charge is -2.29. The van der Waals surface area contributed by atoms with Gasteiger partial charge in [-0.25, -0.2) is 14.6 Å². The van der Waals surface area contributed by atoms with E-state index >= 15 is 0 Å². The van der Waals surface area contributed by atoms with Crippen molar-refractivity contribution < 1.29 is 23.2 Å². The van der Waals surface area contributed by atoms with Gasteiger partial charge in [-0.2, -0.15) is 13.9 Å². The summed E-state index contributed by atoms with van der Waals surface area (Å²) in [4.78, 5) is 12.7. The first kappa shape index (κ1) is 19.4. The van der Waals surface area contributed by atoms with Gasteiger partial charge in [-0.15, -0.1) is 0 Å². The fraction of sp³-hybridized carbons (Fsp3) is 0.333. The molecule has 0 bridgehead atoms. The maximum Gasteiger partial charge on any atom is 0.333 e. The second-order valence-electron chi connectivity index (χ2n) is 7.58. The van der Waals surface area contributed by atoms with Crippen molar-refractivity contribution in [3.05, 3.63) is 65.1 Å². The Balaban J connectivity index is 1.72. The summed E-state index contributed by atoms with van der Waals surface area (Å²) in [7, 11) is 0. The van der Waals surface area contributed by atoms with Crippen LogP contribution in [0.2, 0.25) is 0 Å². The molecule has 2 aromatic carbocycles. The minimum Gasteiger partial charge on any atom is -0.289 e. The number of carbonyl (C=O) groups excluding carboxylic acids is 1. The molecule has 1 amide bonds. The summed E-state index contributed by atoms with van der Waals surface area (Å²) in [5.41, 5.74) is 2.94. The second-order valence-corrected chi connectivity index (χ2v) is 7.58. The molecule has 0 saturated heterocycles. The number of amides is 1. The van der Waals surface area contributed by atoms with E-state index in [1.165, 1.54) is 12.3 Å². The number of carbonyl (C=O) groups is 1. The normalized spacial score (nSPS) is 21.8. The van der Waals surface area contributed by atoms with E-state index in [0.717, 1.165) is 5.56 Å². The Hall–Kier alpha value is -2.87. The Kier molecular flexibility index (Phi) is 4.82. The molecule has 8 heteroatoms. The average molecular weight is 403 g/mol. The lowest BCUT2D eigenvalue weighted by atomic mass is 9.75. The molecule has 5 nitrogen and oxygen atoms in total. The van der Waals surface area contributed by atoms with E-state index in [-0.39, 0.29) is 5.92 Å². The molecule has 1 saturated carbocycles. The number of benzene rings is 2. The van der Waals surface area contributed by atoms with E-state index in [1.807, 2.05) is 6.07 Å². The van der Waals surface area contributed by atoms with E-state index in [4.69, 9.17) is 0 Å². The molecule has 2 atom stereocenters. The number of hydroxylamine groups is 1. The minimum atomic E-state index is -2.71. The second kappa shape index (κ2) is 7.18. The van der Waals surface area contributed by atoms with Gasteiger partial charge >= 0.3 is 6.55 Å². The quantitative estimate of drug-likeness (QED) is 0.495. The van der Waals surface area contributed by atoms with Gasteiger partial charge in [0.1, 0.15) is 5.82 Å². The third-order valence-corrected chi connectivity index (χ3v) is 6.05. The number of nitrogens with zero attached hydrogens (tertiary/aromatic N) is 2. The van der Waals surface area contributed by atoms with E-state index in [1.54, 1.807) is 36.7 Å². The number of fused-ring (bicyclic) bond motifs is 1. The number of halogens is 3. The van der Waals surface area contributed by atoms with Crippen molar-refractivity contribution in [2.24, 2.45) is 0 Å². The van der Waals surface area contributed by atoms with Crippen LogP contribution in [0.5, 0.6) is 0 Å². The Labute approximate surface area is 165 Å². The molecule has 29 heavy (non-hydrogen) atoms. The van der Waals surface area contributed by atoms with E-state index in [2.05, 4.69) is 5.10 Å². The highest BCUT2D eigenvalue weighted by molar-refractivity contribution is 5.88. The highest BCUT2D eigenvalue weighted by atomic mass is 19.3. The van der Waals surface area contributed by atoms with Crippen LogP contribution in [-0.4, -0.2) is 20.9 Å². The fourth-order valence-corrected chi connectivity index (χ4v) is 4.54. The maximum absolute atomic E-state index is 14.2. The fourth-order valence-electron chi connectivity index (χ4n) is 4.54. The van der Waals surface area contributed by atoms with Crippen molar-refractivity contribution >= 4 is 16.8 Å². The van der Waals surface area contributed by atoms with Crippen molar-refractivity contribution in [3.63, 3.8) is 0 Å². The highest BCUT2D eigenvalue weighted by Gasteiger charge is 2.48. The van der Waals surface area contributed by atoms with Crippen LogP contribution in [0.25, 0.3) is 10.9 Å². The maximum atomic E-state index is 14.2. The largest absolute Gasteiger partial charge is 0.333 e. The van der Waals surface area contributed by atoms with Crippen molar-refractivity contribution in [1.29, 1.82) is 0 Å². The number of aromatic nitrogens is 2. The molecule has 1 unspecified atom stereocenters. The van der Waals surface area contributed by atoms with Crippen molar-refractivity contribution in [3.8, 4) is 0 Å². The van der Waals surface area contributed by atoms with Crippen LogP contribution in [-0.2, 0) is 10.2 Å². The lowest BCUT2D eigenvalue weighted by molar-refractivity contribution is -0.135. The Bertz CT molecular complexity index is 1080. The Morgan fingerprint density at radius 3 is 2.86 bits per heavy atom. The number of hydrogen-bond donors (Lipinski definition) is 2. The standard InChI is InChI=1S/C21H20F3N3O2/c1-12-16(3-2-4-17(12)22)21(19(28)26-29)8-7-14(10-21)13-5-6-15-11-27(20(23)24)25-18(15)9-13/h2-6,9,11,14,20,29H,7-8,10H2,1H3,(H,26,28)/t14?,21-/m0/s1. The molecule has 1 aliphatic rings. The van der Waals surface area contributed by atoms with E-state index < -0.39 is 23.7 Å². The number of rotatable bonds is 4. The van der Waals surface area contributed by atoms with Crippen LogP contribution in [0.3, 0.4) is 0 Å². The molecule has 1 aliphatic carbocycles. The van der Waals surface area contributed by atoms with Gasteiger partial charge in [0, 0.05) is 11.6 Å². The van der Waals surface area contributed by atoms with Gasteiger partial charge in [-0.1, -0.05) is 24.3 Å². The zero-order chi connectivity index (χ0) is 20.8. The van der Waals surface area contributed by atoms with Gasteiger partial charge in [-0.05, 0) is 60.9 Å². The SMILES string of the molecule is Cc1c(F)cccc1[C@]1(C(=O)NO)CCC(c2ccc3cn(C(F)F)nc3c2)C1. The van der Waals surface area contributed by atoms with Gasteiger partial charge in [0.25, 0.3) is 5.91 Å². The summed E-state index contributed by atoms with van der Waals surface area (Å²) < 4.78 is 40.6. The third-order valence-electron chi connectivity index (χ3n) is 6.05. The first-order chi connectivity index (χ1) is 13.9. The molecule has 4 rings (SSSR count). The van der Waals surface area contributed by atoms with Crippen LogP contribution in [0.4, 0.5) is 13.2 Å². The lowest BCUT2D eigenvalue weighted by Crippen LogP contribution is -2.42. The Morgan fingerprint density at radius 1 is 1.34 bits per heavy atom.